The van der Waals surface area contributed by atoms with Crippen molar-refractivity contribution in [3.63, 3.8) is 0 Å². The summed E-state index contributed by atoms with van der Waals surface area (Å²) < 4.78 is 0. The van der Waals surface area contributed by atoms with Crippen molar-refractivity contribution in [3.8, 4) is 23.7 Å². The first-order valence-electron chi connectivity index (χ1n) is 1.75. The molecule has 0 aromatic rings. The fraction of sp³-hybridized carbons (Fsp3) is 0.429. The standard InChI is InChI=1S/C6H6.CH4/c1-3-5-6-4-2;/h1-2H3;1H4. The van der Waals surface area contributed by atoms with Gasteiger partial charge in [0.05, 0.1) is 0 Å². The average Bonchev–Trinajstić information content (AvgIpc) is 1.61. The Labute approximate surface area is 45.9 Å². The SMILES string of the molecule is C.CC#CC#CC. The summed E-state index contributed by atoms with van der Waals surface area (Å²) in [4.78, 5) is 0. The van der Waals surface area contributed by atoms with Crippen molar-refractivity contribution >= 4 is 0 Å². The van der Waals surface area contributed by atoms with Gasteiger partial charge < -0.3 is 0 Å². The molecule has 0 nitrogen and oxygen atoms in total. The van der Waals surface area contributed by atoms with E-state index in [-0.39, 0.29) is 7.43 Å². The molecule has 0 aliphatic carbocycles. The molecular weight excluding hydrogens is 84.1 g/mol. The monoisotopic (exact) mass is 94.1 g/mol. The van der Waals surface area contributed by atoms with E-state index in [9.17, 15) is 0 Å². The van der Waals surface area contributed by atoms with Crippen molar-refractivity contribution in [1.82, 2.24) is 0 Å². The smallest absolute Gasteiger partial charge is 0.00168 e. The molecule has 0 amide bonds. The molecular formula is C7H10. The van der Waals surface area contributed by atoms with E-state index >= 15 is 0 Å². The highest BCUT2D eigenvalue weighted by Gasteiger charge is 1.41. The molecule has 0 aliphatic heterocycles. The molecule has 0 aromatic carbocycles. The molecule has 0 fully saturated rings. The minimum Gasteiger partial charge on any atom is -0.0925 e. The first-order valence-corrected chi connectivity index (χ1v) is 1.75. The summed E-state index contributed by atoms with van der Waals surface area (Å²) in [5.41, 5.74) is 0. The third kappa shape index (κ3) is 11.1. The molecule has 0 saturated heterocycles. The summed E-state index contributed by atoms with van der Waals surface area (Å²) >= 11 is 0. The summed E-state index contributed by atoms with van der Waals surface area (Å²) in [5.74, 6) is 10.5. The number of hydrogen-bond acceptors (Lipinski definition) is 0. The van der Waals surface area contributed by atoms with Crippen LogP contribution in [0, 0.1) is 23.7 Å². The minimum absolute atomic E-state index is 0. The van der Waals surface area contributed by atoms with Gasteiger partial charge in [-0.3, -0.25) is 0 Å². The summed E-state index contributed by atoms with van der Waals surface area (Å²) in [5, 5.41) is 0. The first kappa shape index (κ1) is 9.45. The molecule has 0 radical (unpaired) electrons. The summed E-state index contributed by atoms with van der Waals surface area (Å²) in [6.45, 7) is 3.54. The van der Waals surface area contributed by atoms with E-state index < -0.39 is 0 Å². The van der Waals surface area contributed by atoms with Crippen molar-refractivity contribution < 1.29 is 0 Å². The summed E-state index contributed by atoms with van der Waals surface area (Å²) in [6.07, 6.45) is 0. The topological polar surface area (TPSA) is 0 Å². The molecule has 0 unspecified atom stereocenters. The predicted molar refractivity (Wildman–Crippen MR) is 33.6 cm³/mol. The van der Waals surface area contributed by atoms with Crippen LogP contribution in [0.25, 0.3) is 0 Å². The van der Waals surface area contributed by atoms with Crippen molar-refractivity contribution in [3.05, 3.63) is 0 Å². The molecule has 7 heavy (non-hydrogen) atoms. The van der Waals surface area contributed by atoms with E-state index in [0.29, 0.717) is 0 Å². The Morgan fingerprint density at radius 2 is 1.14 bits per heavy atom. The van der Waals surface area contributed by atoms with E-state index in [1.807, 2.05) is 0 Å². The van der Waals surface area contributed by atoms with Crippen LogP contribution in [0.4, 0.5) is 0 Å². The quantitative estimate of drug-likeness (QED) is 0.400. The Kier molecular flexibility index (Phi) is 12.1. The Hall–Kier alpha value is -0.880. The van der Waals surface area contributed by atoms with Crippen LogP contribution in [-0.2, 0) is 0 Å². The maximum atomic E-state index is 2.64. The maximum Gasteiger partial charge on any atom is -0.00168 e. The lowest BCUT2D eigenvalue weighted by molar-refractivity contribution is 1.90. The van der Waals surface area contributed by atoms with Gasteiger partial charge in [-0.25, -0.2) is 0 Å². The second kappa shape index (κ2) is 8.93. The van der Waals surface area contributed by atoms with Crippen LogP contribution in [-0.4, -0.2) is 0 Å². The Bertz CT molecular complexity index is 104. The highest BCUT2D eigenvalue weighted by molar-refractivity contribution is 5.23. The van der Waals surface area contributed by atoms with Gasteiger partial charge in [-0.2, -0.15) is 0 Å². The zero-order chi connectivity index (χ0) is 4.83. The summed E-state index contributed by atoms with van der Waals surface area (Å²) in [6, 6.07) is 0. The molecule has 0 heteroatoms. The van der Waals surface area contributed by atoms with Crippen LogP contribution >= 0.6 is 0 Å². The summed E-state index contributed by atoms with van der Waals surface area (Å²) in [7, 11) is 0. The van der Waals surface area contributed by atoms with Gasteiger partial charge in [-0.1, -0.05) is 19.3 Å². The van der Waals surface area contributed by atoms with Gasteiger partial charge in [-0.05, 0) is 25.7 Å². The van der Waals surface area contributed by atoms with Gasteiger partial charge in [-0.15, -0.1) is 0 Å². The average molecular weight is 94.2 g/mol. The van der Waals surface area contributed by atoms with Crippen molar-refractivity contribution in [2.45, 2.75) is 21.3 Å². The van der Waals surface area contributed by atoms with E-state index in [1.54, 1.807) is 13.8 Å². The Balaban J connectivity index is 0. The minimum atomic E-state index is 0. The second-order valence-corrected chi connectivity index (χ2v) is 0.750. The molecule has 0 aliphatic rings. The Morgan fingerprint density at radius 3 is 1.29 bits per heavy atom. The van der Waals surface area contributed by atoms with Crippen LogP contribution in [0.5, 0.6) is 0 Å². The molecule has 38 valence electrons. The molecule has 0 bridgehead atoms. The number of hydrogen-bond donors (Lipinski definition) is 0. The molecule has 0 saturated carbocycles. The lowest BCUT2D eigenvalue weighted by atomic mass is 10.6. The van der Waals surface area contributed by atoms with Crippen LogP contribution < -0.4 is 0 Å². The van der Waals surface area contributed by atoms with Gasteiger partial charge in [0.25, 0.3) is 0 Å². The van der Waals surface area contributed by atoms with Crippen LogP contribution in [0.1, 0.15) is 21.3 Å². The van der Waals surface area contributed by atoms with E-state index in [0.717, 1.165) is 0 Å². The van der Waals surface area contributed by atoms with Crippen LogP contribution in [0.2, 0.25) is 0 Å². The first-order chi connectivity index (χ1) is 2.91. The van der Waals surface area contributed by atoms with Gasteiger partial charge in [0, 0.05) is 0 Å². The molecule has 0 atom stereocenters. The molecule has 0 heterocycles. The largest absolute Gasteiger partial charge is 0.0925 e. The number of rotatable bonds is 0. The molecule has 0 spiro atoms. The lowest BCUT2D eigenvalue weighted by Gasteiger charge is -1.48. The van der Waals surface area contributed by atoms with Gasteiger partial charge in [0.1, 0.15) is 0 Å². The highest BCUT2D eigenvalue weighted by atomic mass is 13.5. The van der Waals surface area contributed by atoms with E-state index in [2.05, 4.69) is 23.7 Å². The third-order valence-electron chi connectivity index (χ3n) is 0.312. The van der Waals surface area contributed by atoms with Gasteiger partial charge in [0.2, 0.25) is 0 Å². The fourth-order valence-corrected chi connectivity index (χ4v) is 0.125. The highest BCUT2D eigenvalue weighted by Crippen LogP contribution is 1.47. The van der Waals surface area contributed by atoms with Gasteiger partial charge >= 0.3 is 0 Å². The zero-order valence-corrected chi connectivity index (χ0v) is 4.00. The predicted octanol–water partition coefficient (Wildman–Crippen LogP) is 1.67. The third-order valence-corrected chi connectivity index (χ3v) is 0.312. The second-order valence-electron chi connectivity index (χ2n) is 0.750. The van der Waals surface area contributed by atoms with Gasteiger partial charge in [0.15, 0.2) is 0 Å². The normalized spacial score (nSPS) is 3.14. The molecule has 0 aromatic heterocycles. The van der Waals surface area contributed by atoms with Crippen LogP contribution in [0.15, 0.2) is 0 Å². The maximum absolute atomic E-state index is 2.64. The van der Waals surface area contributed by atoms with E-state index in [1.165, 1.54) is 0 Å². The Morgan fingerprint density at radius 1 is 0.857 bits per heavy atom. The van der Waals surface area contributed by atoms with E-state index in [4.69, 9.17) is 0 Å². The van der Waals surface area contributed by atoms with Crippen molar-refractivity contribution in [2.75, 3.05) is 0 Å². The molecule has 0 rings (SSSR count). The molecule has 0 N–H and O–H groups in total. The zero-order valence-electron chi connectivity index (χ0n) is 4.00. The van der Waals surface area contributed by atoms with Crippen molar-refractivity contribution in [1.29, 1.82) is 0 Å². The lowest BCUT2D eigenvalue weighted by Crippen LogP contribution is -1.42. The van der Waals surface area contributed by atoms with Crippen LogP contribution in [0.3, 0.4) is 0 Å². The van der Waals surface area contributed by atoms with Crippen molar-refractivity contribution in [2.24, 2.45) is 0 Å². The fourth-order valence-electron chi connectivity index (χ4n) is 0.125.